The van der Waals surface area contributed by atoms with Gasteiger partial charge in [0.25, 0.3) is 0 Å². The van der Waals surface area contributed by atoms with Gasteiger partial charge in [0.15, 0.2) is 5.96 Å². The summed E-state index contributed by atoms with van der Waals surface area (Å²) in [5.74, 6) is -3.27. The summed E-state index contributed by atoms with van der Waals surface area (Å²) in [6.07, 6.45) is 2.67. The van der Waals surface area contributed by atoms with Gasteiger partial charge in [0.1, 0.15) is 18.1 Å². The Kier molecular flexibility index (Phi) is 15.9. The first-order valence-corrected chi connectivity index (χ1v) is 13.7. The highest BCUT2D eigenvalue weighted by Crippen LogP contribution is 2.11. The van der Waals surface area contributed by atoms with Gasteiger partial charge in [0, 0.05) is 6.54 Å². The third-order valence-electron chi connectivity index (χ3n) is 6.57. The van der Waals surface area contributed by atoms with Crippen LogP contribution < -0.4 is 38.9 Å². The Morgan fingerprint density at radius 1 is 0.900 bits per heavy atom. The largest absolute Gasteiger partial charge is 0.480 e. The number of guanidine groups is 1. The molecule has 0 radical (unpaired) electrons. The fourth-order valence-corrected chi connectivity index (χ4v) is 3.98. The molecule has 40 heavy (non-hydrogen) atoms. The SMILES string of the molecule is CCC(C)C(NC(=O)C(N)Cc1ccccc1)C(=O)NC(CCCCN)C(=O)NC(CCCN=C(N)N)C(=O)O. The van der Waals surface area contributed by atoms with Gasteiger partial charge in [-0.15, -0.1) is 0 Å². The molecule has 0 aliphatic heterocycles. The molecule has 13 nitrogen and oxygen atoms in total. The summed E-state index contributed by atoms with van der Waals surface area (Å²) in [6.45, 7) is 4.30. The molecule has 0 aromatic heterocycles. The van der Waals surface area contributed by atoms with E-state index in [-0.39, 0.29) is 31.3 Å². The van der Waals surface area contributed by atoms with Crippen LogP contribution in [-0.2, 0) is 25.6 Å². The zero-order chi connectivity index (χ0) is 30.1. The first kappa shape index (κ1) is 34.3. The molecule has 0 fully saturated rings. The Morgan fingerprint density at radius 3 is 2.10 bits per heavy atom. The Balaban J connectivity index is 2.96. The number of benzene rings is 1. The number of hydrogen-bond acceptors (Lipinski definition) is 7. The van der Waals surface area contributed by atoms with Crippen molar-refractivity contribution in [3.8, 4) is 0 Å². The van der Waals surface area contributed by atoms with Crippen molar-refractivity contribution >= 4 is 29.7 Å². The summed E-state index contributed by atoms with van der Waals surface area (Å²) in [5, 5.41) is 17.6. The Labute approximate surface area is 235 Å². The molecule has 5 unspecified atom stereocenters. The molecule has 0 aliphatic carbocycles. The fourth-order valence-electron chi connectivity index (χ4n) is 3.98. The van der Waals surface area contributed by atoms with Crippen LogP contribution >= 0.6 is 0 Å². The standard InChI is InChI=1S/C27H46N8O5/c1-3-17(2)22(35-23(36)19(29)16-18-10-5-4-6-11-18)25(38)33-20(12-7-8-14-28)24(37)34-21(26(39)40)13-9-15-32-27(30)31/h4-6,10-11,17,19-22H,3,7-9,12-16,28-29H2,1-2H3,(H,33,38)(H,34,37)(H,35,36)(H,39,40)(H4,30,31,32). The molecular formula is C27H46N8O5. The molecule has 0 aliphatic rings. The predicted octanol–water partition coefficient (Wildman–Crippen LogP) is -0.676. The Morgan fingerprint density at radius 2 is 1.52 bits per heavy atom. The van der Waals surface area contributed by atoms with E-state index in [4.69, 9.17) is 22.9 Å². The minimum absolute atomic E-state index is 0.0895. The van der Waals surface area contributed by atoms with E-state index in [2.05, 4.69) is 20.9 Å². The molecule has 224 valence electrons. The highest BCUT2D eigenvalue weighted by molar-refractivity contribution is 5.94. The maximum atomic E-state index is 13.4. The zero-order valence-electron chi connectivity index (χ0n) is 23.5. The second kappa shape index (κ2) is 18.6. The summed E-state index contributed by atoms with van der Waals surface area (Å²) >= 11 is 0. The van der Waals surface area contributed by atoms with Gasteiger partial charge >= 0.3 is 5.97 Å². The molecule has 0 bridgehead atoms. The van der Waals surface area contributed by atoms with Gasteiger partial charge in [0.05, 0.1) is 6.04 Å². The molecule has 1 aromatic rings. The summed E-state index contributed by atoms with van der Waals surface area (Å²) in [4.78, 5) is 55.0. The highest BCUT2D eigenvalue weighted by atomic mass is 16.4. The maximum absolute atomic E-state index is 13.4. The molecular weight excluding hydrogens is 516 g/mol. The first-order valence-electron chi connectivity index (χ1n) is 13.7. The number of carbonyl (C=O) groups excluding carboxylic acids is 3. The van der Waals surface area contributed by atoms with E-state index in [9.17, 15) is 24.3 Å². The molecule has 0 saturated carbocycles. The van der Waals surface area contributed by atoms with E-state index < -0.39 is 47.9 Å². The average molecular weight is 563 g/mol. The topological polar surface area (TPSA) is 241 Å². The quantitative estimate of drug-likeness (QED) is 0.0604. The number of aliphatic carboxylic acids is 1. The van der Waals surface area contributed by atoms with E-state index in [0.717, 1.165) is 5.56 Å². The van der Waals surface area contributed by atoms with Gasteiger partial charge in [-0.2, -0.15) is 0 Å². The third kappa shape index (κ3) is 12.9. The van der Waals surface area contributed by atoms with Crippen molar-refractivity contribution in [2.75, 3.05) is 13.1 Å². The van der Waals surface area contributed by atoms with Crippen LogP contribution in [0.5, 0.6) is 0 Å². The third-order valence-corrected chi connectivity index (χ3v) is 6.57. The molecule has 0 saturated heterocycles. The monoisotopic (exact) mass is 562 g/mol. The second-order valence-corrected chi connectivity index (χ2v) is 9.86. The van der Waals surface area contributed by atoms with Gasteiger partial charge in [-0.1, -0.05) is 50.6 Å². The number of amides is 3. The van der Waals surface area contributed by atoms with Crippen molar-refractivity contribution < 1.29 is 24.3 Å². The lowest BCUT2D eigenvalue weighted by Crippen LogP contribution is -2.58. The van der Waals surface area contributed by atoms with Crippen LogP contribution in [0.15, 0.2) is 35.3 Å². The lowest BCUT2D eigenvalue weighted by molar-refractivity contribution is -0.142. The summed E-state index contributed by atoms with van der Waals surface area (Å²) in [5.41, 5.74) is 23.2. The number of aliphatic imine (C=N–C) groups is 1. The smallest absolute Gasteiger partial charge is 0.326 e. The predicted molar refractivity (Wildman–Crippen MR) is 154 cm³/mol. The first-order chi connectivity index (χ1) is 19.0. The van der Waals surface area contributed by atoms with Crippen molar-refractivity contribution in [2.24, 2.45) is 33.8 Å². The van der Waals surface area contributed by atoms with Crippen molar-refractivity contribution in [1.82, 2.24) is 16.0 Å². The normalized spacial score (nSPS) is 14.6. The summed E-state index contributed by atoms with van der Waals surface area (Å²) in [6, 6.07) is 5.25. The molecule has 0 heterocycles. The molecule has 3 amide bonds. The number of nitrogens with two attached hydrogens (primary N) is 4. The zero-order valence-corrected chi connectivity index (χ0v) is 23.5. The lowest BCUT2D eigenvalue weighted by atomic mass is 9.96. The van der Waals surface area contributed by atoms with Crippen LogP contribution in [0.1, 0.15) is 57.9 Å². The minimum atomic E-state index is -1.22. The van der Waals surface area contributed by atoms with Gasteiger partial charge in [0.2, 0.25) is 17.7 Å². The number of nitrogens with one attached hydrogen (secondary N) is 3. The van der Waals surface area contributed by atoms with Crippen molar-refractivity contribution in [2.45, 2.75) is 83.0 Å². The van der Waals surface area contributed by atoms with Crippen LogP contribution in [0.25, 0.3) is 0 Å². The van der Waals surface area contributed by atoms with Crippen LogP contribution in [0.4, 0.5) is 0 Å². The molecule has 13 heteroatoms. The fraction of sp³-hybridized carbons (Fsp3) is 0.593. The van der Waals surface area contributed by atoms with E-state index >= 15 is 0 Å². The van der Waals surface area contributed by atoms with Gasteiger partial charge < -0.3 is 44.0 Å². The second-order valence-electron chi connectivity index (χ2n) is 9.86. The van der Waals surface area contributed by atoms with E-state index in [1.165, 1.54) is 0 Å². The number of nitrogens with zero attached hydrogens (tertiary/aromatic N) is 1. The highest BCUT2D eigenvalue weighted by Gasteiger charge is 2.32. The van der Waals surface area contributed by atoms with Crippen LogP contribution in [-0.4, -0.2) is 72.0 Å². The van der Waals surface area contributed by atoms with E-state index in [1.54, 1.807) is 0 Å². The lowest BCUT2D eigenvalue weighted by Gasteiger charge is -2.28. The van der Waals surface area contributed by atoms with Gasteiger partial charge in [-0.25, -0.2) is 4.79 Å². The molecule has 1 rings (SSSR count). The number of carboxylic acids is 1. The van der Waals surface area contributed by atoms with Crippen LogP contribution in [0.3, 0.4) is 0 Å². The van der Waals surface area contributed by atoms with Crippen LogP contribution in [0.2, 0.25) is 0 Å². The number of rotatable bonds is 19. The number of carbonyl (C=O) groups is 4. The molecule has 5 atom stereocenters. The molecule has 1 aromatic carbocycles. The van der Waals surface area contributed by atoms with Gasteiger partial charge in [-0.3, -0.25) is 19.4 Å². The number of unbranched alkanes of at least 4 members (excludes halogenated alkanes) is 1. The number of hydrogen-bond donors (Lipinski definition) is 8. The van der Waals surface area contributed by atoms with Gasteiger partial charge in [-0.05, 0) is 56.6 Å². The maximum Gasteiger partial charge on any atom is 0.326 e. The van der Waals surface area contributed by atoms with Crippen molar-refractivity contribution in [1.29, 1.82) is 0 Å². The van der Waals surface area contributed by atoms with E-state index in [1.807, 2.05) is 44.2 Å². The van der Waals surface area contributed by atoms with E-state index in [0.29, 0.717) is 38.6 Å². The average Bonchev–Trinajstić information content (AvgIpc) is 2.92. The Hall–Kier alpha value is -3.71. The minimum Gasteiger partial charge on any atom is -0.480 e. The Bertz CT molecular complexity index is 971. The number of carboxylic acid groups (broad SMARTS) is 1. The molecule has 12 N–H and O–H groups in total. The summed E-state index contributed by atoms with van der Waals surface area (Å²) in [7, 11) is 0. The molecule has 0 spiro atoms. The van der Waals surface area contributed by atoms with Crippen molar-refractivity contribution in [3.05, 3.63) is 35.9 Å². The van der Waals surface area contributed by atoms with Crippen molar-refractivity contribution in [3.63, 3.8) is 0 Å². The van der Waals surface area contributed by atoms with Crippen LogP contribution in [0, 0.1) is 5.92 Å². The summed E-state index contributed by atoms with van der Waals surface area (Å²) < 4.78 is 0.